The zero-order chi connectivity index (χ0) is 22.7. The average molecular weight is 438 g/mol. The van der Waals surface area contributed by atoms with Gasteiger partial charge in [0.05, 0.1) is 29.2 Å². The standard InChI is InChI=1S/C23H17F3N4O2/c1-2-32-22(31)20-21(19-10-6-9-18(27-19)15-7-4-3-5-8-15)30(29-28-20)17-13-11-16(12-14-17)23(24,25)26/h3-14H,2H2,1H3. The molecule has 32 heavy (non-hydrogen) atoms. The molecule has 2 aromatic heterocycles. The fourth-order valence-corrected chi connectivity index (χ4v) is 3.16. The van der Waals surface area contributed by atoms with Crippen molar-refractivity contribution in [3.05, 3.63) is 84.1 Å². The van der Waals surface area contributed by atoms with Gasteiger partial charge in [0, 0.05) is 5.56 Å². The van der Waals surface area contributed by atoms with Gasteiger partial charge >= 0.3 is 12.1 Å². The van der Waals surface area contributed by atoms with Crippen molar-refractivity contribution in [2.24, 2.45) is 0 Å². The summed E-state index contributed by atoms with van der Waals surface area (Å²) in [6.45, 7) is 1.79. The van der Waals surface area contributed by atoms with Crippen LogP contribution >= 0.6 is 0 Å². The largest absolute Gasteiger partial charge is 0.461 e. The van der Waals surface area contributed by atoms with Crippen molar-refractivity contribution in [1.29, 1.82) is 0 Å². The highest BCUT2D eigenvalue weighted by atomic mass is 19.4. The van der Waals surface area contributed by atoms with Gasteiger partial charge in [-0.25, -0.2) is 14.5 Å². The van der Waals surface area contributed by atoms with Crippen molar-refractivity contribution in [2.45, 2.75) is 13.1 Å². The SMILES string of the molecule is CCOC(=O)c1nnn(-c2ccc(C(F)(F)F)cc2)c1-c1cccc(-c2ccccc2)n1. The number of carbonyl (C=O) groups is 1. The van der Waals surface area contributed by atoms with E-state index in [-0.39, 0.29) is 18.0 Å². The second-order valence-electron chi connectivity index (χ2n) is 6.74. The molecule has 162 valence electrons. The Morgan fingerprint density at radius 3 is 2.28 bits per heavy atom. The number of alkyl halides is 3. The lowest BCUT2D eigenvalue weighted by molar-refractivity contribution is -0.137. The number of hydrogen-bond acceptors (Lipinski definition) is 5. The van der Waals surface area contributed by atoms with E-state index >= 15 is 0 Å². The van der Waals surface area contributed by atoms with Gasteiger partial charge in [-0.2, -0.15) is 13.2 Å². The summed E-state index contributed by atoms with van der Waals surface area (Å²) in [7, 11) is 0. The fourth-order valence-electron chi connectivity index (χ4n) is 3.16. The first-order valence-corrected chi connectivity index (χ1v) is 9.72. The highest BCUT2D eigenvalue weighted by molar-refractivity contribution is 5.94. The second kappa shape index (κ2) is 8.62. The van der Waals surface area contributed by atoms with E-state index in [2.05, 4.69) is 15.3 Å². The van der Waals surface area contributed by atoms with E-state index in [1.54, 1.807) is 19.1 Å². The van der Waals surface area contributed by atoms with E-state index in [1.807, 2.05) is 36.4 Å². The molecule has 0 amide bonds. The number of carbonyl (C=O) groups excluding carboxylic acids is 1. The molecule has 0 aliphatic heterocycles. The molecule has 0 spiro atoms. The summed E-state index contributed by atoms with van der Waals surface area (Å²) in [6, 6.07) is 19.1. The van der Waals surface area contributed by atoms with Crippen LogP contribution in [-0.4, -0.2) is 32.6 Å². The Kier molecular flexibility index (Phi) is 5.72. The van der Waals surface area contributed by atoms with Crippen molar-refractivity contribution >= 4 is 5.97 Å². The van der Waals surface area contributed by atoms with Gasteiger partial charge in [0.2, 0.25) is 5.69 Å². The lowest BCUT2D eigenvalue weighted by atomic mass is 10.1. The van der Waals surface area contributed by atoms with Crippen molar-refractivity contribution in [2.75, 3.05) is 6.61 Å². The molecule has 0 atom stereocenters. The molecule has 0 unspecified atom stereocenters. The fraction of sp³-hybridized carbons (Fsp3) is 0.130. The molecule has 9 heteroatoms. The maximum Gasteiger partial charge on any atom is 0.416 e. The van der Waals surface area contributed by atoms with Crippen molar-refractivity contribution in [1.82, 2.24) is 20.0 Å². The minimum atomic E-state index is -4.47. The van der Waals surface area contributed by atoms with Gasteiger partial charge < -0.3 is 4.74 Å². The number of benzene rings is 2. The third-order valence-corrected chi connectivity index (χ3v) is 4.64. The molecule has 4 rings (SSSR count). The summed E-state index contributed by atoms with van der Waals surface area (Å²) in [5.74, 6) is -0.701. The van der Waals surface area contributed by atoms with Crippen LogP contribution in [0.3, 0.4) is 0 Å². The maximum atomic E-state index is 13.0. The molecular formula is C23H17F3N4O2. The first kappa shape index (κ1) is 21.2. The van der Waals surface area contributed by atoms with Crippen LogP contribution in [0.1, 0.15) is 23.0 Å². The monoisotopic (exact) mass is 438 g/mol. The molecule has 0 radical (unpaired) electrons. The summed E-state index contributed by atoms with van der Waals surface area (Å²) in [5.41, 5.74) is 1.53. The number of rotatable bonds is 5. The third-order valence-electron chi connectivity index (χ3n) is 4.64. The van der Waals surface area contributed by atoms with Crippen LogP contribution in [-0.2, 0) is 10.9 Å². The number of nitrogens with zero attached hydrogens (tertiary/aromatic N) is 4. The van der Waals surface area contributed by atoms with E-state index in [9.17, 15) is 18.0 Å². The molecule has 0 aliphatic carbocycles. The van der Waals surface area contributed by atoms with Gasteiger partial charge in [-0.1, -0.05) is 41.6 Å². The van der Waals surface area contributed by atoms with E-state index in [4.69, 9.17) is 4.74 Å². The minimum absolute atomic E-state index is 0.0792. The Morgan fingerprint density at radius 2 is 1.62 bits per heavy atom. The lowest BCUT2D eigenvalue weighted by Gasteiger charge is -2.11. The van der Waals surface area contributed by atoms with Crippen LogP contribution in [0.2, 0.25) is 0 Å². The topological polar surface area (TPSA) is 69.9 Å². The number of ether oxygens (including phenoxy) is 1. The molecule has 0 N–H and O–H groups in total. The number of pyridine rings is 1. The summed E-state index contributed by atoms with van der Waals surface area (Å²) in [4.78, 5) is 17.2. The summed E-state index contributed by atoms with van der Waals surface area (Å²) < 4.78 is 45.2. The van der Waals surface area contributed by atoms with Gasteiger partial charge in [-0.3, -0.25) is 0 Å². The molecule has 2 heterocycles. The van der Waals surface area contributed by atoms with E-state index < -0.39 is 17.7 Å². The Bertz CT molecular complexity index is 1240. The molecule has 2 aromatic carbocycles. The van der Waals surface area contributed by atoms with Gasteiger partial charge in [0.1, 0.15) is 5.69 Å². The highest BCUT2D eigenvalue weighted by Crippen LogP contribution is 2.31. The third kappa shape index (κ3) is 4.22. The molecule has 0 saturated heterocycles. The van der Waals surface area contributed by atoms with Crippen LogP contribution in [0.5, 0.6) is 0 Å². The minimum Gasteiger partial charge on any atom is -0.461 e. The average Bonchev–Trinajstić information content (AvgIpc) is 3.25. The van der Waals surface area contributed by atoms with Crippen molar-refractivity contribution in [3.8, 4) is 28.3 Å². The van der Waals surface area contributed by atoms with E-state index in [1.165, 1.54) is 16.8 Å². The summed E-state index contributed by atoms with van der Waals surface area (Å²) >= 11 is 0. The first-order valence-electron chi connectivity index (χ1n) is 9.72. The van der Waals surface area contributed by atoms with E-state index in [0.29, 0.717) is 17.1 Å². The van der Waals surface area contributed by atoms with Crippen LogP contribution in [0.15, 0.2) is 72.8 Å². The Morgan fingerprint density at radius 1 is 0.938 bits per heavy atom. The van der Waals surface area contributed by atoms with E-state index in [0.717, 1.165) is 17.7 Å². The number of hydrogen-bond donors (Lipinski definition) is 0. The predicted octanol–water partition coefficient (Wildman–Crippen LogP) is 5.19. The first-order chi connectivity index (χ1) is 15.4. The molecule has 6 nitrogen and oxygen atoms in total. The number of esters is 1. The number of aromatic nitrogens is 4. The summed E-state index contributed by atoms with van der Waals surface area (Å²) in [5, 5.41) is 7.94. The molecular weight excluding hydrogens is 421 g/mol. The lowest BCUT2D eigenvalue weighted by Crippen LogP contribution is -2.09. The molecule has 4 aromatic rings. The van der Waals surface area contributed by atoms with Gasteiger partial charge in [0.25, 0.3) is 0 Å². The van der Waals surface area contributed by atoms with Crippen molar-refractivity contribution < 1.29 is 22.7 Å². The quantitative estimate of drug-likeness (QED) is 0.401. The smallest absolute Gasteiger partial charge is 0.416 e. The van der Waals surface area contributed by atoms with Crippen LogP contribution in [0.4, 0.5) is 13.2 Å². The molecule has 0 saturated carbocycles. The van der Waals surface area contributed by atoms with Gasteiger partial charge in [0.15, 0.2) is 0 Å². The van der Waals surface area contributed by atoms with Gasteiger partial charge in [-0.05, 0) is 43.3 Å². The highest BCUT2D eigenvalue weighted by Gasteiger charge is 2.30. The zero-order valence-corrected chi connectivity index (χ0v) is 16.9. The zero-order valence-electron chi connectivity index (χ0n) is 16.9. The molecule has 0 aliphatic rings. The Balaban J connectivity index is 1.85. The van der Waals surface area contributed by atoms with Crippen molar-refractivity contribution in [3.63, 3.8) is 0 Å². The van der Waals surface area contributed by atoms with Crippen LogP contribution in [0, 0.1) is 0 Å². The second-order valence-corrected chi connectivity index (χ2v) is 6.74. The predicted molar refractivity (Wildman–Crippen MR) is 111 cm³/mol. The Labute approximate surface area is 181 Å². The maximum absolute atomic E-state index is 13.0. The van der Waals surface area contributed by atoms with Crippen LogP contribution < -0.4 is 0 Å². The van der Waals surface area contributed by atoms with Gasteiger partial charge in [-0.15, -0.1) is 5.10 Å². The number of halogens is 3. The summed E-state index contributed by atoms with van der Waals surface area (Å²) in [6.07, 6.45) is -4.47. The molecule has 0 bridgehead atoms. The molecule has 0 fully saturated rings. The normalized spacial score (nSPS) is 11.4. The Hall–Kier alpha value is -4.01. The van der Waals surface area contributed by atoms with Crippen LogP contribution in [0.25, 0.3) is 28.3 Å².